The first-order chi connectivity index (χ1) is 11.8. The van der Waals surface area contributed by atoms with E-state index >= 15 is 0 Å². The van der Waals surface area contributed by atoms with Gasteiger partial charge in [-0.1, -0.05) is 23.9 Å². The maximum absolute atomic E-state index is 13.2. The fraction of sp³-hybridized carbons (Fsp3) is 0.353. The van der Waals surface area contributed by atoms with Crippen LogP contribution in [0, 0.1) is 5.82 Å². The number of piperidine rings is 1. The zero-order valence-electron chi connectivity index (χ0n) is 13.2. The molecule has 0 spiro atoms. The van der Waals surface area contributed by atoms with Crippen LogP contribution in [0.25, 0.3) is 11.2 Å². The standard InChI is InChI=1S/C17H18FN5S/c18-13-3-1-12(2-4-13)10-23-16-15(9-20-11-21-16)22-17(23)24-14-5-7-19-8-6-14/h1-4,9,11,14,19H,5-8,10H2. The minimum Gasteiger partial charge on any atom is -0.317 e. The zero-order chi connectivity index (χ0) is 16.4. The molecule has 1 fully saturated rings. The highest BCUT2D eigenvalue weighted by Gasteiger charge is 2.20. The minimum absolute atomic E-state index is 0.221. The average Bonchev–Trinajstić information content (AvgIpc) is 2.95. The van der Waals surface area contributed by atoms with Gasteiger partial charge in [0.1, 0.15) is 17.7 Å². The second kappa shape index (κ2) is 6.86. The lowest BCUT2D eigenvalue weighted by molar-refractivity contribution is 0.530. The number of aromatic nitrogens is 4. The largest absolute Gasteiger partial charge is 0.317 e. The smallest absolute Gasteiger partial charge is 0.170 e. The summed E-state index contributed by atoms with van der Waals surface area (Å²) >= 11 is 1.81. The van der Waals surface area contributed by atoms with Crippen LogP contribution in [0.4, 0.5) is 4.39 Å². The van der Waals surface area contributed by atoms with E-state index in [0.29, 0.717) is 11.8 Å². The predicted octanol–water partition coefficient (Wildman–Crippen LogP) is 2.86. The summed E-state index contributed by atoms with van der Waals surface area (Å²) in [5.41, 5.74) is 2.66. The third-order valence-electron chi connectivity index (χ3n) is 4.19. The maximum Gasteiger partial charge on any atom is 0.170 e. The Morgan fingerprint density at radius 3 is 2.79 bits per heavy atom. The number of hydrogen-bond donors (Lipinski definition) is 1. The summed E-state index contributed by atoms with van der Waals surface area (Å²) in [7, 11) is 0. The molecule has 1 aliphatic heterocycles. The van der Waals surface area contributed by atoms with Crippen LogP contribution < -0.4 is 5.32 Å². The topological polar surface area (TPSA) is 55.6 Å². The van der Waals surface area contributed by atoms with Crippen molar-refractivity contribution in [1.82, 2.24) is 24.8 Å². The van der Waals surface area contributed by atoms with Gasteiger partial charge >= 0.3 is 0 Å². The summed E-state index contributed by atoms with van der Waals surface area (Å²) in [5.74, 6) is -0.221. The molecule has 0 aliphatic carbocycles. The number of imidazole rings is 1. The van der Waals surface area contributed by atoms with E-state index in [2.05, 4.69) is 19.9 Å². The highest BCUT2D eigenvalue weighted by atomic mass is 32.2. The molecule has 0 saturated carbocycles. The Balaban J connectivity index is 1.68. The van der Waals surface area contributed by atoms with Gasteiger partial charge < -0.3 is 5.32 Å². The summed E-state index contributed by atoms with van der Waals surface area (Å²) in [5, 5.41) is 4.91. The molecular formula is C17H18FN5S. The second-order valence-corrected chi connectivity index (χ2v) is 7.17. The van der Waals surface area contributed by atoms with Crippen molar-refractivity contribution in [2.45, 2.75) is 29.8 Å². The van der Waals surface area contributed by atoms with Crippen LogP contribution in [0.15, 0.2) is 41.9 Å². The van der Waals surface area contributed by atoms with Crippen LogP contribution in [-0.4, -0.2) is 37.9 Å². The van der Waals surface area contributed by atoms with Gasteiger partial charge in [-0.2, -0.15) is 0 Å². The van der Waals surface area contributed by atoms with E-state index in [1.165, 1.54) is 12.1 Å². The monoisotopic (exact) mass is 343 g/mol. The lowest BCUT2D eigenvalue weighted by Crippen LogP contribution is -2.29. The third kappa shape index (κ3) is 3.27. The second-order valence-electron chi connectivity index (χ2n) is 5.91. The Kier molecular flexibility index (Phi) is 4.44. The van der Waals surface area contributed by atoms with Gasteiger partial charge in [-0.3, -0.25) is 4.57 Å². The van der Waals surface area contributed by atoms with E-state index < -0.39 is 0 Å². The first-order valence-electron chi connectivity index (χ1n) is 8.07. The van der Waals surface area contributed by atoms with Gasteiger partial charge in [-0.25, -0.2) is 19.3 Å². The number of fused-ring (bicyclic) bond motifs is 1. The Hall–Kier alpha value is -1.99. The molecular weight excluding hydrogens is 325 g/mol. The Labute approximate surface area is 143 Å². The van der Waals surface area contributed by atoms with E-state index in [9.17, 15) is 4.39 Å². The first kappa shape index (κ1) is 15.5. The van der Waals surface area contributed by atoms with Gasteiger partial charge in [-0.15, -0.1) is 0 Å². The van der Waals surface area contributed by atoms with E-state index in [0.717, 1.165) is 47.8 Å². The van der Waals surface area contributed by atoms with Crippen LogP contribution in [-0.2, 0) is 6.54 Å². The summed E-state index contributed by atoms with van der Waals surface area (Å²) in [6.07, 6.45) is 5.56. The fourth-order valence-corrected chi connectivity index (χ4v) is 4.12. The molecule has 0 bridgehead atoms. The van der Waals surface area contributed by atoms with E-state index in [1.54, 1.807) is 24.7 Å². The molecule has 3 aromatic rings. The fourth-order valence-electron chi connectivity index (χ4n) is 2.92. The van der Waals surface area contributed by atoms with Crippen LogP contribution in [0.1, 0.15) is 18.4 Å². The molecule has 1 N–H and O–H groups in total. The lowest BCUT2D eigenvalue weighted by Gasteiger charge is -2.21. The van der Waals surface area contributed by atoms with E-state index in [-0.39, 0.29) is 5.82 Å². The van der Waals surface area contributed by atoms with Crippen molar-refractivity contribution in [3.63, 3.8) is 0 Å². The van der Waals surface area contributed by atoms with Crippen LogP contribution in [0.5, 0.6) is 0 Å². The zero-order valence-corrected chi connectivity index (χ0v) is 14.0. The van der Waals surface area contributed by atoms with Crippen molar-refractivity contribution >= 4 is 22.9 Å². The van der Waals surface area contributed by atoms with Gasteiger partial charge in [0.25, 0.3) is 0 Å². The summed E-state index contributed by atoms with van der Waals surface area (Å²) < 4.78 is 15.3. The Morgan fingerprint density at radius 1 is 1.21 bits per heavy atom. The number of hydrogen-bond acceptors (Lipinski definition) is 5. The molecule has 124 valence electrons. The first-order valence-corrected chi connectivity index (χ1v) is 8.95. The molecule has 0 amide bonds. The van der Waals surface area contributed by atoms with Crippen LogP contribution in [0.2, 0.25) is 0 Å². The van der Waals surface area contributed by atoms with Crippen molar-refractivity contribution < 1.29 is 4.39 Å². The molecule has 4 rings (SSSR count). The molecule has 7 heteroatoms. The normalized spacial score (nSPS) is 15.9. The minimum atomic E-state index is -0.221. The van der Waals surface area contributed by atoms with E-state index in [4.69, 9.17) is 4.98 Å². The maximum atomic E-state index is 13.2. The molecule has 24 heavy (non-hydrogen) atoms. The third-order valence-corrected chi connectivity index (χ3v) is 5.51. The number of rotatable bonds is 4. The average molecular weight is 343 g/mol. The van der Waals surface area contributed by atoms with Crippen LogP contribution in [0.3, 0.4) is 0 Å². The molecule has 0 atom stereocenters. The van der Waals surface area contributed by atoms with Crippen molar-refractivity contribution in [3.05, 3.63) is 48.2 Å². The summed E-state index contributed by atoms with van der Waals surface area (Å²) in [4.78, 5) is 13.2. The number of thioether (sulfide) groups is 1. The Morgan fingerprint density at radius 2 is 2.00 bits per heavy atom. The summed E-state index contributed by atoms with van der Waals surface area (Å²) in [6.45, 7) is 2.73. The highest BCUT2D eigenvalue weighted by molar-refractivity contribution is 7.99. The van der Waals surface area contributed by atoms with Crippen LogP contribution >= 0.6 is 11.8 Å². The summed E-state index contributed by atoms with van der Waals surface area (Å²) in [6, 6.07) is 6.59. The van der Waals surface area contributed by atoms with E-state index in [1.807, 2.05) is 11.8 Å². The number of nitrogens with zero attached hydrogens (tertiary/aromatic N) is 4. The molecule has 2 aromatic heterocycles. The molecule has 1 aromatic carbocycles. The quantitative estimate of drug-likeness (QED) is 0.789. The van der Waals surface area contributed by atoms with Gasteiger partial charge in [0, 0.05) is 5.25 Å². The number of benzene rings is 1. The number of halogens is 1. The molecule has 1 saturated heterocycles. The molecule has 3 heterocycles. The van der Waals surface area contributed by atoms with Crippen molar-refractivity contribution in [3.8, 4) is 0 Å². The molecule has 0 unspecified atom stereocenters. The van der Waals surface area contributed by atoms with Crippen molar-refractivity contribution in [1.29, 1.82) is 0 Å². The van der Waals surface area contributed by atoms with Gasteiger partial charge in [0.05, 0.1) is 12.7 Å². The Bertz CT molecular complexity index is 827. The molecule has 1 aliphatic rings. The SMILES string of the molecule is Fc1ccc(Cn2c(SC3CCNCC3)nc3cncnc32)cc1. The highest BCUT2D eigenvalue weighted by Crippen LogP contribution is 2.30. The van der Waals surface area contributed by atoms with Crippen molar-refractivity contribution in [2.24, 2.45) is 0 Å². The van der Waals surface area contributed by atoms with Gasteiger partial charge in [0.2, 0.25) is 0 Å². The van der Waals surface area contributed by atoms with Gasteiger partial charge in [0.15, 0.2) is 10.8 Å². The molecule has 5 nitrogen and oxygen atoms in total. The predicted molar refractivity (Wildman–Crippen MR) is 92.6 cm³/mol. The lowest BCUT2D eigenvalue weighted by atomic mass is 10.2. The molecule has 0 radical (unpaired) electrons. The van der Waals surface area contributed by atoms with Gasteiger partial charge in [-0.05, 0) is 43.6 Å². The number of nitrogens with one attached hydrogen (secondary N) is 1. The van der Waals surface area contributed by atoms with Crippen molar-refractivity contribution in [2.75, 3.05) is 13.1 Å².